The molecule has 1 aromatic heterocycles. The Morgan fingerprint density at radius 1 is 1.21 bits per heavy atom. The topological polar surface area (TPSA) is 74.2 Å². The summed E-state index contributed by atoms with van der Waals surface area (Å²) >= 11 is 0. The van der Waals surface area contributed by atoms with Crippen molar-refractivity contribution >= 4 is 5.69 Å². The van der Waals surface area contributed by atoms with Crippen molar-refractivity contribution in [2.75, 3.05) is 12.3 Å². The Bertz CT molecular complexity index is 530. The lowest BCUT2D eigenvalue weighted by molar-refractivity contribution is 0.0124. The van der Waals surface area contributed by atoms with Gasteiger partial charge in [0.25, 0.3) is 0 Å². The highest BCUT2D eigenvalue weighted by atomic mass is 16.5. The van der Waals surface area contributed by atoms with Crippen LogP contribution in [0, 0.1) is 0 Å². The van der Waals surface area contributed by atoms with Crippen molar-refractivity contribution in [1.29, 1.82) is 0 Å². The van der Waals surface area contributed by atoms with Crippen LogP contribution in [0.3, 0.4) is 0 Å². The highest BCUT2D eigenvalue weighted by molar-refractivity contribution is 5.57. The molecule has 0 amide bonds. The minimum atomic E-state index is 0.216. The zero-order chi connectivity index (χ0) is 13.1. The van der Waals surface area contributed by atoms with Gasteiger partial charge in [-0.15, -0.1) is 0 Å². The smallest absolute Gasteiger partial charge is 0.229 e. The molecule has 0 radical (unpaired) electrons. The number of nitrogens with zero attached hydrogens (tertiary/aromatic N) is 2. The molecule has 2 aromatic rings. The Kier molecular flexibility index (Phi) is 3.46. The van der Waals surface area contributed by atoms with Crippen LogP contribution >= 0.6 is 0 Å². The van der Waals surface area contributed by atoms with Crippen molar-refractivity contribution in [3.63, 3.8) is 0 Å². The number of anilines is 1. The summed E-state index contributed by atoms with van der Waals surface area (Å²) in [5, 5.41) is 4.00. The molecule has 0 saturated carbocycles. The minimum absolute atomic E-state index is 0.216. The first-order chi connectivity index (χ1) is 9.31. The predicted octanol–water partition coefficient (Wildman–Crippen LogP) is 2.43. The molecule has 19 heavy (non-hydrogen) atoms. The van der Waals surface area contributed by atoms with Crippen LogP contribution in [-0.2, 0) is 11.2 Å². The number of hydrogen-bond acceptors (Lipinski definition) is 5. The van der Waals surface area contributed by atoms with Gasteiger partial charge in [0, 0.05) is 17.9 Å². The third-order valence-corrected chi connectivity index (χ3v) is 3.31. The highest BCUT2D eigenvalue weighted by Crippen LogP contribution is 2.20. The number of nitrogens with two attached hydrogens (primary N) is 1. The molecule has 1 aromatic carbocycles. The summed E-state index contributed by atoms with van der Waals surface area (Å²) in [7, 11) is 0. The Morgan fingerprint density at radius 3 is 2.79 bits per heavy atom. The standard InChI is InChI=1S/C14H17N3O2/c15-11-6-4-10(5-7-11)14-16-13(19-17-14)9-12-3-1-2-8-18-12/h4-7,12H,1-3,8-9,15H2. The van der Waals surface area contributed by atoms with Crippen molar-refractivity contribution in [2.45, 2.75) is 31.8 Å². The fraction of sp³-hybridized carbons (Fsp3) is 0.429. The van der Waals surface area contributed by atoms with Gasteiger partial charge >= 0.3 is 0 Å². The second kappa shape index (κ2) is 5.40. The molecule has 1 saturated heterocycles. The molecule has 5 heteroatoms. The van der Waals surface area contributed by atoms with E-state index in [4.69, 9.17) is 15.0 Å². The maximum atomic E-state index is 5.67. The number of ether oxygens (including phenoxy) is 1. The van der Waals surface area contributed by atoms with Crippen LogP contribution in [-0.4, -0.2) is 22.9 Å². The van der Waals surface area contributed by atoms with Crippen LogP contribution in [0.1, 0.15) is 25.2 Å². The highest BCUT2D eigenvalue weighted by Gasteiger charge is 2.18. The van der Waals surface area contributed by atoms with E-state index in [-0.39, 0.29) is 6.10 Å². The summed E-state index contributed by atoms with van der Waals surface area (Å²) in [4.78, 5) is 4.41. The molecule has 5 nitrogen and oxygen atoms in total. The zero-order valence-electron chi connectivity index (χ0n) is 10.7. The zero-order valence-corrected chi connectivity index (χ0v) is 10.7. The van der Waals surface area contributed by atoms with Crippen LogP contribution in [0.2, 0.25) is 0 Å². The van der Waals surface area contributed by atoms with E-state index in [2.05, 4.69) is 10.1 Å². The van der Waals surface area contributed by atoms with Crippen LogP contribution in [0.5, 0.6) is 0 Å². The van der Waals surface area contributed by atoms with Gasteiger partial charge in [0.2, 0.25) is 11.7 Å². The molecule has 1 unspecified atom stereocenters. The summed E-state index contributed by atoms with van der Waals surface area (Å²) < 4.78 is 10.9. The van der Waals surface area contributed by atoms with Crippen LogP contribution < -0.4 is 5.73 Å². The van der Waals surface area contributed by atoms with Crippen molar-refractivity contribution in [3.05, 3.63) is 30.2 Å². The lowest BCUT2D eigenvalue weighted by Crippen LogP contribution is -2.21. The van der Waals surface area contributed by atoms with Gasteiger partial charge in [-0.3, -0.25) is 0 Å². The first-order valence-electron chi connectivity index (χ1n) is 6.61. The van der Waals surface area contributed by atoms with E-state index in [0.29, 0.717) is 18.1 Å². The van der Waals surface area contributed by atoms with Crippen LogP contribution in [0.15, 0.2) is 28.8 Å². The lowest BCUT2D eigenvalue weighted by atomic mass is 10.1. The molecule has 1 aliphatic heterocycles. The number of rotatable bonds is 3. The number of nitrogen functional groups attached to an aromatic ring is 1. The van der Waals surface area contributed by atoms with Crippen molar-refractivity contribution in [2.24, 2.45) is 0 Å². The summed E-state index contributed by atoms with van der Waals surface area (Å²) in [6, 6.07) is 7.44. The molecule has 0 aliphatic carbocycles. The van der Waals surface area contributed by atoms with Gasteiger partial charge in [0.1, 0.15) is 0 Å². The van der Waals surface area contributed by atoms with E-state index in [1.165, 1.54) is 6.42 Å². The molecule has 1 fully saturated rings. The molecule has 2 N–H and O–H groups in total. The van der Waals surface area contributed by atoms with Crippen molar-refractivity contribution < 1.29 is 9.26 Å². The van der Waals surface area contributed by atoms with E-state index in [1.54, 1.807) is 0 Å². The normalized spacial score (nSPS) is 19.5. The lowest BCUT2D eigenvalue weighted by Gasteiger charge is -2.20. The molecular weight excluding hydrogens is 242 g/mol. The average molecular weight is 259 g/mol. The fourth-order valence-corrected chi connectivity index (χ4v) is 2.25. The molecule has 0 bridgehead atoms. The number of benzene rings is 1. The molecular formula is C14H17N3O2. The Balaban J connectivity index is 1.70. The van der Waals surface area contributed by atoms with E-state index < -0.39 is 0 Å². The summed E-state index contributed by atoms with van der Waals surface area (Å²) in [5.74, 6) is 1.24. The number of aromatic nitrogens is 2. The van der Waals surface area contributed by atoms with E-state index >= 15 is 0 Å². The summed E-state index contributed by atoms with van der Waals surface area (Å²) in [6.45, 7) is 0.837. The van der Waals surface area contributed by atoms with Gasteiger partial charge in [-0.2, -0.15) is 4.98 Å². The van der Waals surface area contributed by atoms with E-state index in [0.717, 1.165) is 30.7 Å². The Labute approximate surface area is 111 Å². The fourth-order valence-electron chi connectivity index (χ4n) is 2.25. The maximum Gasteiger partial charge on any atom is 0.229 e. The van der Waals surface area contributed by atoms with E-state index in [1.807, 2.05) is 24.3 Å². The first-order valence-corrected chi connectivity index (χ1v) is 6.61. The van der Waals surface area contributed by atoms with Gasteiger partial charge in [-0.25, -0.2) is 0 Å². The summed E-state index contributed by atoms with van der Waals surface area (Å²) in [6.07, 6.45) is 4.34. The molecule has 3 rings (SSSR count). The second-order valence-corrected chi connectivity index (χ2v) is 4.83. The Morgan fingerprint density at radius 2 is 2.05 bits per heavy atom. The largest absolute Gasteiger partial charge is 0.399 e. The third-order valence-electron chi connectivity index (χ3n) is 3.31. The van der Waals surface area contributed by atoms with Crippen molar-refractivity contribution in [1.82, 2.24) is 10.1 Å². The SMILES string of the molecule is Nc1ccc(-c2noc(CC3CCCCO3)n2)cc1. The van der Waals surface area contributed by atoms with Gasteiger partial charge in [0.15, 0.2) is 0 Å². The van der Waals surface area contributed by atoms with E-state index in [9.17, 15) is 0 Å². The second-order valence-electron chi connectivity index (χ2n) is 4.83. The maximum absolute atomic E-state index is 5.67. The van der Waals surface area contributed by atoms with Crippen LogP contribution in [0.25, 0.3) is 11.4 Å². The molecule has 100 valence electrons. The quantitative estimate of drug-likeness (QED) is 0.857. The molecule has 1 atom stereocenters. The minimum Gasteiger partial charge on any atom is -0.399 e. The van der Waals surface area contributed by atoms with Gasteiger partial charge in [0.05, 0.1) is 12.5 Å². The third kappa shape index (κ3) is 2.93. The monoisotopic (exact) mass is 259 g/mol. The molecule has 0 spiro atoms. The van der Waals surface area contributed by atoms with Crippen molar-refractivity contribution in [3.8, 4) is 11.4 Å². The molecule has 1 aliphatic rings. The van der Waals surface area contributed by atoms with Crippen LogP contribution in [0.4, 0.5) is 5.69 Å². The molecule has 2 heterocycles. The first kappa shape index (κ1) is 12.2. The predicted molar refractivity (Wildman–Crippen MR) is 71.4 cm³/mol. The average Bonchev–Trinajstić information content (AvgIpc) is 2.89. The summed E-state index contributed by atoms with van der Waals surface area (Å²) in [5.41, 5.74) is 7.29. The van der Waals surface area contributed by atoms with Gasteiger partial charge < -0.3 is 15.0 Å². The van der Waals surface area contributed by atoms with Gasteiger partial charge in [-0.05, 0) is 43.5 Å². The van der Waals surface area contributed by atoms with Gasteiger partial charge in [-0.1, -0.05) is 5.16 Å². The number of hydrogen-bond donors (Lipinski definition) is 1. The Hall–Kier alpha value is -1.88.